The van der Waals surface area contributed by atoms with Crippen LogP contribution in [-0.2, 0) is 16.1 Å². The number of ether oxygens (including phenoxy) is 4. The lowest BCUT2D eigenvalue weighted by Crippen LogP contribution is -2.30. The largest absolute Gasteiger partial charge is 0.493 e. The van der Waals surface area contributed by atoms with Crippen molar-refractivity contribution in [3.05, 3.63) is 59.5 Å². The molecule has 0 aliphatic heterocycles. The second kappa shape index (κ2) is 10.3. The van der Waals surface area contributed by atoms with Crippen molar-refractivity contribution < 1.29 is 33.0 Å². The molecule has 168 valence electrons. The van der Waals surface area contributed by atoms with E-state index in [0.29, 0.717) is 34.6 Å². The van der Waals surface area contributed by atoms with E-state index in [-0.39, 0.29) is 18.7 Å². The number of hydrogen-bond acceptors (Lipinski definition) is 8. The topological polar surface area (TPSA) is 109 Å². The SMILES string of the molecule is COc1cc(C(=O)NCC(=O)OCc2nc(-c3ccccc3)oc2C)cc(OC)c1OC. The lowest BCUT2D eigenvalue weighted by Gasteiger charge is -2.14. The molecule has 1 heterocycles. The van der Waals surface area contributed by atoms with Crippen LogP contribution in [0.4, 0.5) is 0 Å². The van der Waals surface area contributed by atoms with E-state index in [1.54, 1.807) is 6.92 Å². The van der Waals surface area contributed by atoms with Gasteiger partial charge >= 0.3 is 5.97 Å². The number of amides is 1. The molecule has 9 nitrogen and oxygen atoms in total. The Bertz CT molecular complexity index is 1070. The van der Waals surface area contributed by atoms with Crippen molar-refractivity contribution in [2.75, 3.05) is 27.9 Å². The Morgan fingerprint density at radius 2 is 1.66 bits per heavy atom. The number of rotatable bonds is 9. The zero-order valence-electron chi connectivity index (χ0n) is 18.3. The van der Waals surface area contributed by atoms with E-state index in [4.69, 9.17) is 23.4 Å². The lowest BCUT2D eigenvalue weighted by molar-refractivity contribution is -0.143. The van der Waals surface area contributed by atoms with Crippen LogP contribution in [0.1, 0.15) is 21.8 Å². The molecule has 0 spiro atoms. The highest BCUT2D eigenvalue weighted by Crippen LogP contribution is 2.38. The summed E-state index contributed by atoms with van der Waals surface area (Å²) in [4.78, 5) is 29.0. The van der Waals surface area contributed by atoms with Gasteiger partial charge in [0, 0.05) is 11.1 Å². The van der Waals surface area contributed by atoms with Crippen molar-refractivity contribution in [1.82, 2.24) is 10.3 Å². The van der Waals surface area contributed by atoms with Gasteiger partial charge in [-0.15, -0.1) is 0 Å². The van der Waals surface area contributed by atoms with E-state index in [0.717, 1.165) is 5.56 Å². The summed E-state index contributed by atoms with van der Waals surface area (Å²) in [7, 11) is 4.37. The minimum absolute atomic E-state index is 0.0684. The van der Waals surface area contributed by atoms with E-state index < -0.39 is 11.9 Å². The third-order valence-corrected chi connectivity index (χ3v) is 4.60. The Morgan fingerprint density at radius 1 is 1.00 bits per heavy atom. The van der Waals surface area contributed by atoms with Crippen LogP contribution in [0.25, 0.3) is 11.5 Å². The van der Waals surface area contributed by atoms with E-state index >= 15 is 0 Å². The molecule has 3 rings (SSSR count). The molecule has 1 N–H and O–H groups in total. The number of nitrogens with zero attached hydrogens (tertiary/aromatic N) is 1. The third-order valence-electron chi connectivity index (χ3n) is 4.60. The average Bonchev–Trinajstić information content (AvgIpc) is 3.21. The second-order valence-corrected chi connectivity index (χ2v) is 6.65. The molecule has 0 radical (unpaired) electrons. The van der Waals surface area contributed by atoms with Crippen LogP contribution >= 0.6 is 0 Å². The number of benzene rings is 2. The first-order chi connectivity index (χ1) is 15.5. The Morgan fingerprint density at radius 3 is 2.25 bits per heavy atom. The summed E-state index contributed by atoms with van der Waals surface area (Å²) in [6, 6.07) is 12.4. The fourth-order valence-electron chi connectivity index (χ4n) is 2.93. The Balaban J connectivity index is 1.58. The van der Waals surface area contributed by atoms with Gasteiger partial charge in [-0.05, 0) is 31.2 Å². The van der Waals surface area contributed by atoms with Gasteiger partial charge < -0.3 is 28.7 Å². The average molecular weight is 440 g/mol. The highest BCUT2D eigenvalue weighted by Gasteiger charge is 2.18. The number of oxazole rings is 1. The van der Waals surface area contributed by atoms with E-state index in [2.05, 4.69) is 10.3 Å². The maximum atomic E-state index is 12.5. The van der Waals surface area contributed by atoms with E-state index in [1.807, 2.05) is 30.3 Å². The predicted octanol–water partition coefficient (Wildman–Crippen LogP) is 3.15. The minimum Gasteiger partial charge on any atom is -0.493 e. The number of aryl methyl sites for hydroxylation is 1. The molecular formula is C23H24N2O7. The van der Waals surface area contributed by atoms with Crippen LogP contribution in [0, 0.1) is 6.92 Å². The van der Waals surface area contributed by atoms with Crippen molar-refractivity contribution in [3.63, 3.8) is 0 Å². The molecule has 0 saturated heterocycles. The summed E-state index contributed by atoms with van der Waals surface area (Å²) in [5.74, 6) is 0.914. The van der Waals surface area contributed by atoms with E-state index in [1.165, 1.54) is 33.5 Å². The first kappa shape index (κ1) is 22.7. The van der Waals surface area contributed by atoms with E-state index in [9.17, 15) is 9.59 Å². The summed E-state index contributed by atoms with van der Waals surface area (Å²) in [5.41, 5.74) is 1.58. The van der Waals surface area contributed by atoms with Crippen LogP contribution in [0.2, 0.25) is 0 Å². The molecule has 0 saturated carbocycles. The van der Waals surface area contributed by atoms with Gasteiger partial charge in [-0.2, -0.15) is 0 Å². The second-order valence-electron chi connectivity index (χ2n) is 6.65. The summed E-state index contributed by atoms with van der Waals surface area (Å²) in [6.07, 6.45) is 0. The molecule has 1 amide bonds. The first-order valence-corrected chi connectivity index (χ1v) is 9.72. The fourth-order valence-corrected chi connectivity index (χ4v) is 2.93. The van der Waals surface area contributed by atoms with Gasteiger partial charge in [0.1, 0.15) is 24.6 Å². The van der Waals surface area contributed by atoms with Gasteiger partial charge in [-0.1, -0.05) is 18.2 Å². The molecule has 32 heavy (non-hydrogen) atoms. The number of hydrogen-bond donors (Lipinski definition) is 1. The number of carbonyl (C=O) groups excluding carboxylic acids is 2. The van der Waals surface area contributed by atoms with Gasteiger partial charge in [-0.25, -0.2) is 4.98 Å². The van der Waals surface area contributed by atoms with Gasteiger partial charge in [0.2, 0.25) is 11.6 Å². The standard InChI is InChI=1S/C23H24N2O7/c1-14-17(25-23(32-14)15-8-6-5-7-9-15)13-31-20(26)12-24-22(27)16-10-18(28-2)21(30-4)19(11-16)29-3/h5-11H,12-13H2,1-4H3,(H,24,27). The molecule has 3 aromatic rings. The van der Waals surface area contributed by atoms with Crippen LogP contribution in [0.5, 0.6) is 17.2 Å². The molecule has 9 heteroatoms. The van der Waals surface area contributed by atoms with Gasteiger partial charge in [0.25, 0.3) is 5.91 Å². The number of methoxy groups -OCH3 is 3. The first-order valence-electron chi connectivity index (χ1n) is 9.72. The Kier molecular flexibility index (Phi) is 7.33. The lowest BCUT2D eigenvalue weighted by atomic mass is 10.1. The molecule has 0 fully saturated rings. The highest BCUT2D eigenvalue weighted by molar-refractivity contribution is 5.97. The van der Waals surface area contributed by atoms with Gasteiger partial charge in [0.15, 0.2) is 11.5 Å². The molecular weight excluding hydrogens is 416 g/mol. The van der Waals surface area contributed by atoms with Crippen molar-refractivity contribution in [3.8, 4) is 28.7 Å². The molecule has 0 unspecified atom stereocenters. The van der Waals surface area contributed by atoms with Gasteiger partial charge in [-0.3, -0.25) is 9.59 Å². The number of carbonyl (C=O) groups is 2. The van der Waals surface area contributed by atoms with Crippen molar-refractivity contribution in [1.29, 1.82) is 0 Å². The molecule has 1 aromatic heterocycles. The molecule has 2 aromatic carbocycles. The number of aromatic nitrogens is 1. The molecule has 0 aliphatic rings. The summed E-state index contributed by atoms with van der Waals surface area (Å²) in [6.45, 7) is 1.35. The van der Waals surface area contributed by atoms with Crippen molar-refractivity contribution in [2.24, 2.45) is 0 Å². The summed E-state index contributed by atoms with van der Waals surface area (Å²) in [5, 5.41) is 2.51. The Labute approximate surface area is 185 Å². The fraction of sp³-hybridized carbons (Fsp3) is 0.261. The number of nitrogens with one attached hydrogen (secondary N) is 1. The smallest absolute Gasteiger partial charge is 0.325 e. The monoisotopic (exact) mass is 440 g/mol. The maximum absolute atomic E-state index is 12.5. The van der Waals surface area contributed by atoms with Gasteiger partial charge in [0.05, 0.1) is 21.3 Å². The van der Waals surface area contributed by atoms with Crippen molar-refractivity contribution in [2.45, 2.75) is 13.5 Å². The zero-order valence-corrected chi connectivity index (χ0v) is 18.3. The molecule has 0 bridgehead atoms. The quantitative estimate of drug-likeness (QED) is 0.506. The summed E-state index contributed by atoms with van der Waals surface area (Å²) >= 11 is 0. The number of esters is 1. The Hall–Kier alpha value is -4.01. The van der Waals surface area contributed by atoms with Crippen LogP contribution in [0.15, 0.2) is 46.9 Å². The molecule has 0 atom stereocenters. The van der Waals surface area contributed by atoms with Crippen LogP contribution in [0.3, 0.4) is 0 Å². The van der Waals surface area contributed by atoms with Crippen molar-refractivity contribution >= 4 is 11.9 Å². The van der Waals surface area contributed by atoms with Crippen LogP contribution in [-0.4, -0.2) is 44.7 Å². The minimum atomic E-state index is -0.616. The molecule has 0 aliphatic carbocycles. The third kappa shape index (κ3) is 5.18. The normalized spacial score (nSPS) is 10.4. The highest BCUT2D eigenvalue weighted by atomic mass is 16.5. The van der Waals surface area contributed by atoms with Crippen LogP contribution < -0.4 is 19.5 Å². The zero-order chi connectivity index (χ0) is 23.1. The predicted molar refractivity (Wildman–Crippen MR) is 115 cm³/mol. The summed E-state index contributed by atoms with van der Waals surface area (Å²) < 4.78 is 26.6. The maximum Gasteiger partial charge on any atom is 0.325 e.